The number of amides is 1. The predicted molar refractivity (Wildman–Crippen MR) is 111 cm³/mol. The number of halogens is 3. The van der Waals surface area contributed by atoms with Crippen LogP contribution in [0.15, 0.2) is 60.7 Å². The van der Waals surface area contributed by atoms with Crippen LogP contribution in [0.1, 0.15) is 40.8 Å². The highest BCUT2D eigenvalue weighted by atomic mass is 19.4. The van der Waals surface area contributed by atoms with Crippen molar-refractivity contribution in [2.24, 2.45) is 0 Å². The van der Waals surface area contributed by atoms with Gasteiger partial charge in [-0.2, -0.15) is 18.4 Å². The molecular formula is C24H20F3N3O. The first-order valence-electron chi connectivity index (χ1n) is 9.61. The molecule has 3 rings (SSSR count). The van der Waals surface area contributed by atoms with Crippen molar-refractivity contribution < 1.29 is 18.0 Å². The Kier molecular flexibility index (Phi) is 6.40. The van der Waals surface area contributed by atoms with Gasteiger partial charge in [0, 0.05) is 12.1 Å². The summed E-state index contributed by atoms with van der Waals surface area (Å²) in [7, 11) is 0. The summed E-state index contributed by atoms with van der Waals surface area (Å²) in [5, 5.41) is 11.7. The lowest BCUT2D eigenvalue weighted by atomic mass is 9.98. The Bertz CT molecular complexity index is 1130. The van der Waals surface area contributed by atoms with Crippen LogP contribution in [0.5, 0.6) is 0 Å². The number of aromatic nitrogens is 1. The van der Waals surface area contributed by atoms with Crippen LogP contribution in [-0.2, 0) is 17.5 Å². The molecule has 0 fully saturated rings. The summed E-state index contributed by atoms with van der Waals surface area (Å²) in [5.74, 6) is -0.766. The lowest BCUT2D eigenvalue weighted by molar-refractivity contribution is -0.141. The van der Waals surface area contributed by atoms with Gasteiger partial charge in [0.2, 0.25) is 5.91 Å². The van der Waals surface area contributed by atoms with E-state index in [1.54, 1.807) is 49.4 Å². The van der Waals surface area contributed by atoms with Gasteiger partial charge >= 0.3 is 6.18 Å². The fourth-order valence-corrected chi connectivity index (χ4v) is 3.16. The largest absolute Gasteiger partial charge is 0.433 e. The number of aryl methyl sites for hydroxylation is 1. The molecule has 0 aliphatic heterocycles. The van der Waals surface area contributed by atoms with Gasteiger partial charge in [-0.1, -0.05) is 42.0 Å². The number of nitrogens with zero attached hydrogens (tertiary/aromatic N) is 2. The highest BCUT2D eigenvalue weighted by molar-refractivity contribution is 5.83. The van der Waals surface area contributed by atoms with Crippen LogP contribution in [-0.4, -0.2) is 10.9 Å². The van der Waals surface area contributed by atoms with E-state index in [1.165, 1.54) is 6.07 Å². The Labute approximate surface area is 178 Å². The van der Waals surface area contributed by atoms with Gasteiger partial charge in [0.05, 0.1) is 23.2 Å². The average molecular weight is 423 g/mol. The van der Waals surface area contributed by atoms with Crippen molar-refractivity contribution in [2.75, 3.05) is 0 Å². The van der Waals surface area contributed by atoms with Crippen LogP contribution < -0.4 is 5.32 Å². The number of rotatable bonds is 5. The van der Waals surface area contributed by atoms with Gasteiger partial charge in [0.15, 0.2) is 0 Å². The fraction of sp³-hybridized carbons (Fsp3) is 0.208. The Balaban J connectivity index is 1.84. The molecule has 7 heteroatoms. The predicted octanol–water partition coefficient (Wildman–Crippen LogP) is 5.37. The van der Waals surface area contributed by atoms with Gasteiger partial charge < -0.3 is 5.32 Å². The molecule has 0 aliphatic carbocycles. The van der Waals surface area contributed by atoms with Crippen LogP contribution in [0.2, 0.25) is 0 Å². The first kappa shape index (κ1) is 22.0. The van der Waals surface area contributed by atoms with Crippen molar-refractivity contribution in [3.05, 3.63) is 88.6 Å². The molecule has 0 spiro atoms. The van der Waals surface area contributed by atoms with Gasteiger partial charge in [-0.25, -0.2) is 4.98 Å². The van der Waals surface area contributed by atoms with Crippen LogP contribution in [0, 0.1) is 18.3 Å². The minimum atomic E-state index is -4.57. The third kappa shape index (κ3) is 5.28. The Morgan fingerprint density at radius 3 is 2.45 bits per heavy atom. The number of nitrogens with one attached hydrogen (secondary N) is 1. The molecule has 1 atom stereocenters. The van der Waals surface area contributed by atoms with E-state index in [2.05, 4.69) is 10.3 Å². The van der Waals surface area contributed by atoms with Crippen molar-refractivity contribution in [1.82, 2.24) is 10.3 Å². The number of pyridine rings is 1. The smallest absolute Gasteiger partial charge is 0.351 e. The van der Waals surface area contributed by atoms with Crippen molar-refractivity contribution >= 4 is 5.91 Å². The maximum absolute atomic E-state index is 13.2. The molecule has 1 heterocycles. The van der Waals surface area contributed by atoms with Crippen LogP contribution in [0.3, 0.4) is 0 Å². The molecule has 0 radical (unpaired) electrons. The highest BCUT2D eigenvalue weighted by Gasteiger charge is 2.33. The van der Waals surface area contributed by atoms with Crippen molar-refractivity contribution in [3.63, 3.8) is 0 Å². The minimum Gasteiger partial charge on any atom is -0.351 e. The average Bonchev–Trinajstić information content (AvgIpc) is 2.76. The summed E-state index contributed by atoms with van der Waals surface area (Å²) < 4.78 is 39.6. The lowest BCUT2D eigenvalue weighted by Gasteiger charge is -2.16. The third-order valence-electron chi connectivity index (χ3n) is 4.95. The van der Waals surface area contributed by atoms with E-state index in [-0.39, 0.29) is 18.1 Å². The first-order chi connectivity index (χ1) is 14.7. The van der Waals surface area contributed by atoms with Gasteiger partial charge in [-0.15, -0.1) is 0 Å². The molecule has 1 N–H and O–H groups in total. The van der Waals surface area contributed by atoms with Crippen molar-refractivity contribution in [1.29, 1.82) is 5.26 Å². The molecule has 158 valence electrons. The molecule has 31 heavy (non-hydrogen) atoms. The van der Waals surface area contributed by atoms with Crippen LogP contribution in [0.4, 0.5) is 13.2 Å². The number of nitriles is 1. The summed E-state index contributed by atoms with van der Waals surface area (Å²) in [6, 6.07) is 18.0. The normalized spacial score (nSPS) is 12.1. The van der Waals surface area contributed by atoms with E-state index in [9.17, 15) is 18.0 Å². The SMILES string of the molecule is Cc1cccc(-c2nc(C(F)(F)F)ccc2CNC(=O)C(C)c2ccc(C#N)cc2)c1. The standard InChI is InChI=1S/C24H20F3N3O/c1-15-4-3-5-19(12-15)22-20(10-11-21(30-22)24(25,26)27)14-29-23(31)16(2)18-8-6-17(13-28)7-9-18/h3-12,16H,14H2,1-2H3,(H,29,31). The zero-order valence-electron chi connectivity index (χ0n) is 17.0. The Morgan fingerprint density at radius 2 is 1.84 bits per heavy atom. The molecule has 1 aromatic heterocycles. The molecule has 1 amide bonds. The van der Waals surface area contributed by atoms with Crippen molar-refractivity contribution in [3.8, 4) is 17.3 Å². The Morgan fingerprint density at radius 1 is 1.13 bits per heavy atom. The number of alkyl halides is 3. The second-order valence-electron chi connectivity index (χ2n) is 7.24. The fourth-order valence-electron chi connectivity index (χ4n) is 3.16. The first-order valence-corrected chi connectivity index (χ1v) is 9.61. The second kappa shape index (κ2) is 9.00. The van der Waals surface area contributed by atoms with Gasteiger partial charge in [0.25, 0.3) is 0 Å². The molecule has 0 saturated heterocycles. The van der Waals surface area contributed by atoms with Crippen molar-refractivity contribution in [2.45, 2.75) is 32.5 Å². The summed E-state index contributed by atoms with van der Waals surface area (Å²) in [5.41, 5.74) is 2.36. The maximum atomic E-state index is 13.2. The molecule has 3 aromatic rings. The minimum absolute atomic E-state index is 0.0356. The molecule has 0 aliphatic rings. The summed E-state index contributed by atoms with van der Waals surface area (Å²) in [6.07, 6.45) is -4.57. The van der Waals surface area contributed by atoms with E-state index in [1.807, 2.05) is 19.1 Å². The van der Waals surface area contributed by atoms with Gasteiger partial charge in [-0.05, 0) is 49.2 Å². The van der Waals surface area contributed by atoms with E-state index < -0.39 is 17.8 Å². The summed E-state index contributed by atoms with van der Waals surface area (Å²) in [4.78, 5) is 16.5. The van der Waals surface area contributed by atoms with Crippen LogP contribution in [0.25, 0.3) is 11.3 Å². The number of hydrogen-bond donors (Lipinski definition) is 1. The Hall–Kier alpha value is -3.66. The zero-order chi connectivity index (χ0) is 22.6. The number of carbonyl (C=O) groups excluding carboxylic acids is 1. The lowest BCUT2D eigenvalue weighted by Crippen LogP contribution is -2.28. The van der Waals surface area contributed by atoms with Gasteiger partial charge in [0.1, 0.15) is 5.69 Å². The quantitative estimate of drug-likeness (QED) is 0.600. The van der Waals surface area contributed by atoms with E-state index in [4.69, 9.17) is 5.26 Å². The van der Waals surface area contributed by atoms with E-state index in [0.717, 1.165) is 17.2 Å². The van der Waals surface area contributed by atoms with Gasteiger partial charge in [-0.3, -0.25) is 4.79 Å². The molecule has 0 saturated carbocycles. The third-order valence-corrected chi connectivity index (χ3v) is 4.95. The highest BCUT2D eigenvalue weighted by Crippen LogP contribution is 2.31. The van der Waals surface area contributed by atoms with E-state index in [0.29, 0.717) is 16.7 Å². The molecule has 1 unspecified atom stereocenters. The molecule has 2 aromatic carbocycles. The topological polar surface area (TPSA) is 65.8 Å². The van der Waals surface area contributed by atoms with Crippen LogP contribution >= 0.6 is 0 Å². The summed E-state index contributed by atoms with van der Waals surface area (Å²) >= 11 is 0. The second-order valence-corrected chi connectivity index (χ2v) is 7.24. The molecule has 0 bridgehead atoms. The van der Waals surface area contributed by atoms with E-state index >= 15 is 0 Å². The molecule has 4 nitrogen and oxygen atoms in total. The maximum Gasteiger partial charge on any atom is 0.433 e. The number of benzene rings is 2. The zero-order valence-corrected chi connectivity index (χ0v) is 17.0. The monoisotopic (exact) mass is 423 g/mol. The number of carbonyl (C=O) groups is 1. The molecular weight excluding hydrogens is 403 g/mol. The summed E-state index contributed by atoms with van der Waals surface area (Å²) in [6.45, 7) is 3.61. The number of hydrogen-bond acceptors (Lipinski definition) is 3.